The molecule has 1 aliphatic carbocycles. The molecule has 7 heteroatoms. The molecule has 2 aromatic rings. The maximum atomic E-state index is 5.82. The Morgan fingerprint density at radius 3 is 2.82 bits per heavy atom. The molecule has 1 unspecified atom stereocenters. The minimum absolute atomic E-state index is 0.0989. The van der Waals surface area contributed by atoms with Gasteiger partial charge < -0.3 is 14.2 Å². The molecule has 1 atom stereocenters. The Balaban J connectivity index is 1.75. The highest BCUT2D eigenvalue weighted by atomic mass is 79.9. The topological polar surface area (TPSA) is 58.4 Å². The summed E-state index contributed by atoms with van der Waals surface area (Å²) in [7, 11) is 3.29. The number of halogens is 1. The van der Waals surface area contributed by atoms with Gasteiger partial charge in [0.2, 0.25) is 0 Å². The van der Waals surface area contributed by atoms with Crippen LogP contribution in [0, 0.1) is 5.92 Å². The second-order valence-corrected chi connectivity index (χ2v) is 6.38. The molecule has 3 rings (SSSR count). The second kappa shape index (κ2) is 6.93. The van der Waals surface area contributed by atoms with E-state index in [-0.39, 0.29) is 6.10 Å². The summed E-state index contributed by atoms with van der Waals surface area (Å²) in [4.78, 5) is 0. The maximum absolute atomic E-state index is 5.82. The summed E-state index contributed by atoms with van der Waals surface area (Å²) in [5.41, 5.74) is 1.87. The molecule has 6 nitrogen and oxygen atoms in total. The van der Waals surface area contributed by atoms with E-state index in [9.17, 15) is 0 Å². The predicted molar refractivity (Wildman–Crippen MR) is 86.1 cm³/mol. The monoisotopic (exact) mass is 369 g/mol. The molecule has 22 heavy (non-hydrogen) atoms. The first-order valence-corrected chi connectivity index (χ1v) is 8.18. The van der Waals surface area contributed by atoms with Crippen LogP contribution in [0.3, 0.4) is 0 Å². The Morgan fingerprint density at radius 1 is 1.32 bits per heavy atom. The number of aromatic nitrogens is 3. The summed E-state index contributed by atoms with van der Waals surface area (Å²) in [6.45, 7) is 1.86. The van der Waals surface area contributed by atoms with Crippen LogP contribution in [0.5, 0.6) is 5.75 Å². The van der Waals surface area contributed by atoms with Crippen LogP contribution >= 0.6 is 15.9 Å². The lowest BCUT2D eigenvalue weighted by atomic mass is 10.3. The lowest BCUT2D eigenvalue weighted by molar-refractivity contribution is 0.000756. The van der Waals surface area contributed by atoms with Gasteiger partial charge in [-0.1, -0.05) is 5.21 Å². The molecular formula is C15H20BrN3O3. The largest absolute Gasteiger partial charge is 0.490 e. The summed E-state index contributed by atoms with van der Waals surface area (Å²) in [6, 6.07) is 3.95. The zero-order valence-corrected chi connectivity index (χ0v) is 14.4. The molecule has 0 radical (unpaired) electrons. The Kier molecular flexibility index (Phi) is 4.95. The third-order valence-corrected chi connectivity index (χ3v) is 4.60. The minimum Gasteiger partial charge on any atom is -0.490 e. The van der Waals surface area contributed by atoms with Crippen molar-refractivity contribution in [1.82, 2.24) is 15.0 Å². The Morgan fingerprint density at radius 2 is 2.14 bits per heavy atom. The summed E-state index contributed by atoms with van der Waals surface area (Å²) >= 11 is 3.58. The summed E-state index contributed by atoms with van der Waals surface area (Å²) in [6.07, 6.45) is 2.49. The van der Waals surface area contributed by atoms with E-state index in [1.165, 1.54) is 12.8 Å². The average molecular weight is 370 g/mol. The zero-order valence-electron chi connectivity index (χ0n) is 12.8. The molecule has 1 heterocycles. The standard InChI is InChI=1S/C15H20BrN3O3/c1-20-8-11(21-2)9-22-13-6-5-12-15(14(13)16)17-18-19(12)7-10-3-4-10/h5-6,10-11H,3-4,7-9H2,1-2H3. The fourth-order valence-corrected chi connectivity index (χ4v) is 2.86. The van der Waals surface area contributed by atoms with Gasteiger partial charge in [-0.3, -0.25) is 0 Å². The second-order valence-electron chi connectivity index (χ2n) is 5.58. The highest BCUT2D eigenvalue weighted by Crippen LogP contribution is 2.34. The maximum Gasteiger partial charge on any atom is 0.136 e. The highest BCUT2D eigenvalue weighted by molar-refractivity contribution is 9.10. The lowest BCUT2D eigenvalue weighted by Gasteiger charge is -2.16. The number of hydrogen-bond acceptors (Lipinski definition) is 5. The number of fused-ring (bicyclic) bond motifs is 1. The van der Waals surface area contributed by atoms with E-state index in [1.807, 2.05) is 16.8 Å². The van der Waals surface area contributed by atoms with Crippen LogP contribution in [0.4, 0.5) is 0 Å². The van der Waals surface area contributed by atoms with Crippen LogP contribution in [-0.4, -0.2) is 48.5 Å². The molecule has 0 spiro atoms. The van der Waals surface area contributed by atoms with Crippen LogP contribution in [0.25, 0.3) is 11.0 Å². The van der Waals surface area contributed by atoms with Gasteiger partial charge in [0.15, 0.2) is 0 Å². The third kappa shape index (κ3) is 3.42. The third-order valence-electron chi connectivity index (χ3n) is 3.83. The number of nitrogens with zero attached hydrogens (tertiary/aromatic N) is 3. The van der Waals surface area contributed by atoms with E-state index < -0.39 is 0 Å². The molecule has 1 aromatic carbocycles. The highest BCUT2D eigenvalue weighted by Gasteiger charge is 2.24. The van der Waals surface area contributed by atoms with Crippen molar-refractivity contribution in [1.29, 1.82) is 0 Å². The Labute approximate surface area is 137 Å². The number of methoxy groups -OCH3 is 2. The van der Waals surface area contributed by atoms with Crippen molar-refractivity contribution in [3.63, 3.8) is 0 Å². The minimum atomic E-state index is -0.0989. The van der Waals surface area contributed by atoms with E-state index in [1.54, 1.807) is 14.2 Å². The van der Waals surface area contributed by atoms with Gasteiger partial charge in [-0.2, -0.15) is 0 Å². The van der Waals surface area contributed by atoms with Crippen molar-refractivity contribution in [3.05, 3.63) is 16.6 Å². The van der Waals surface area contributed by atoms with Crippen LogP contribution in [0.15, 0.2) is 16.6 Å². The quantitative estimate of drug-likeness (QED) is 0.715. The van der Waals surface area contributed by atoms with E-state index in [4.69, 9.17) is 14.2 Å². The number of rotatable bonds is 8. The van der Waals surface area contributed by atoms with Gasteiger partial charge in [0.25, 0.3) is 0 Å². The molecule has 1 aromatic heterocycles. The summed E-state index contributed by atoms with van der Waals surface area (Å²) in [5, 5.41) is 8.53. The van der Waals surface area contributed by atoms with Crippen molar-refractivity contribution in [2.24, 2.45) is 5.92 Å². The van der Waals surface area contributed by atoms with E-state index >= 15 is 0 Å². The van der Waals surface area contributed by atoms with Crippen molar-refractivity contribution in [3.8, 4) is 5.75 Å². The van der Waals surface area contributed by atoms with Gasteiger partial charge in [-0.25, -0.2) is 4.68 Å². The first-order valence-electron chi connectivity index (χ1n) is 7.39. The SMILES string of the molecule is COCC(COc1ccc2c(nnn2CC2CC2)c1Br)OC. The smallest absolute Gasteiger partial charge is 0.136 e. The van der Waals surface area contributed by atoms with Crippen molar-refractivity contribution >= 4 is 27.0 Å². The Bertz CT molecular complexity index is 642. The molecule has 0 N–H and O–H groups in total. The molecule has 0 bridgehead atoms. The predicted octanol–water partition coefficient (Wildman–Crippen LogP) is 2.64. The normalized spacial score (nSPS) is 16.1. The Hall–Kier alpha value is -1.18. The van der Waals surface area contributed by atoms with Crippen LogP contribution < -0.4 is 4.74 Å². The fourth-order valence-electron chi connectivity index (χ4n) is 2.33. The lowest BCUT2D eigenvalue weighted by Crippen LogP contribution is -2.25. The molecule has 0 amide bonds. The van der Waals surface area contributed by atoms with Gasteiger partial charge in [-0.15, -0.1) is 5.10 Å². The van der Waals surface area contributed by atoms with Crippen LogP contribution in [-0.2, 0) is 16.0 Å². The zero-order chi connectivity index (χ0) is 15.5. The van der Waals surface area contributed by atoms with Crippen molar-refractivity contribution in [2.75, 3.05) is 27.4 Å². The molecule has 1 saturated carbocycles. The van der Waals surface area contributed by atoms with Gasteiger partial charge >= 0.3 is 0 Å². The number of benzene rings is 1. The average Bonchev–Trinajstić information content (AvgIpc) is 3.24. The first kappa shape index (κ1) is 15.7. The molecule has 120 valence electrons. The molecule has 1 aliphatic rings. The van der Waals surface area contributed by atoms with E-state index in [0.29, 0.717) is 13.2 Å². The van der Waals surface area contributed by atoms with Crippen molar-refractivity contribution in [2.45, 2.75) is 25.5 Å². The fraction of sp³-hybridized carbons (Fsp3) is 0.600. The van der Waals surface area contributed by atoms with Crippen molar-refractivity contribution < 1.29 is 14.2 Å². The van der Waals surface area contributed by atoms with Gasteiger partial charge in [0.1, 0.15) is 24.0 Å². The van der Waals surface area contributed by atoms with Crippen LogP contribution in [0.1, 0.15) is 12.8 Å². The first-order chi connectivity index (χ1) is 10.7. The van der Waals surface area contributed by atoms with Gasteiger partial charge in [0, 0.05) is 20.8 Å². The van der Waals surface area contributed by atoms with E-state index in [2.05, 4.69) is 26.2 Å². The number of hydrogen-bond donors (Lipinski definition) is 0. The summed E-state index contributed by atoms with van der Waals surface area (Å²) in [5.74, 6) is 1.50. The summed E-state index contributed by atoms with van der Waals surface area (Å²) < 4.78 is 19.0. The molecular weight excluding hydrogens is 350 g/mol. The molecule has 0 aliphatic heterocycles. The number of ether oxygens (including phenoxy) is 3. The molecule has 1 fully saturated rings. The molecule has 0 saturated heterocycles. The van der Waals surface area contributed by atoms with Crippen LogP contribution in [0.2, 0.25) is 0 Å². The van der Waals surface area contributed by atoms with Gasteiger partial charge in [-0.05, 0) is 46.8 Å². The van der Waals surface area contributed by atoms with E-state index in [0.717, 1.165) is 33.7 Å². The van der Waals surface area contributed by atoms with Gasteiger partial charge in [0.05, 0.1) is 16.6 Å².